The van der Waals surface area contributed by atoms with Crippen LogP contribution in [0.2, 0.25) is 5.02 Å². The van der Waals surface area contributed by atoms with E-state index in [0.29, 0.717) is 25.8 Å². The normalized spacial score (nSPS) is 16.8. The average Bonchev–Trinajstić information content (AvgIpc) is 2.98. The van der Waals surface area contributed by atoms with Crippen LogP contribution >= 0.6 is 35.6 Å². The summed E-state index contributed by atoms with van der Waals surface area (Å²) in [6.07, 6.45) is 1.67. The van der Waals surface area contributed by atoms with Gasteiger partial charge in [0.25, 0.3) is 5.91 Å². The highest BCUT2D eigenvalue weighted by atomic mass is 35.5. The smallest absolute Gasteiger partial charge is 0.263 e. The van der Waals surface area contributed by atoms with E-state index in [0.717, 1.165) is 5.56 Å². The first-order valence-corrected chi connectivity index (χ1v) is 7.33. The van der Waals surface area contributed by atoms with E-state index in [1.165, 1.54) is 11.8 Å². The molecule has 1 aliphatic heterocycles. The molecule has 1 amide bonds. The van der Waals surface area contributed by atoms with Gasteiger partial charge in [-0.25, -0.2) is 0 Å². The van der Waals surface area contributed by atoms with Crippen molar-refractivity contribution in [2.24, 2.45) is 0 Å². The van der Waals surface area contributed by atoms with E-state index >= 15 is 0 Å². The predicted molar refractivity (Wildman–Crippen MR) is 85.5 cm³/mol. The molecule has 1 fully saturated rings. The molecule has 20 heavy (non-hydrogen) atoms. The molecular weight excluding hydrogens is 314 g/mol. The SMILES string of the molecule is O=C1NC(=S)S/C1=C/c1ccc(-c2ccccc2Cl)o1. The van der Waals surface area contributed by atoms with Gasteiger partial charge in [-0.3, -0.25) is 4.79 Å². The van der Waals surface area contributed by atoms with Gasteiger partial charge in [0, 0.05) is 11.6 Å². The molecule has 0 aliphatic carbocycles. The van der Waals surface area contributed by atoms with E-state index < -0.39 is 0 Å². The molecule has 0 unspecified atom stereocenters. The highest BCUT2D eigenvalue weighted by Gasteiger charge is 2.22. The number of hydrogen-bond acceptors (Lipinski definition) is 4. The molecule has 0 saturated carbocycles. The second-order valence-corrected chi connectivity index (χ2v) is 6.16. The fourth-order valence-electron chi connectivity index (χ4n) is 1.79. The number of benzene rings is 1. The number of nitrogens with one attached hydrogen (secondary N) is 1. The maximum Gasteiger partial charge on any atom is 0.263 e. The first-order valence-electron chi connectivity index (χ1n) is 5.73. The van der Waals surface area contributed by atoms with Gasteiger partial charge in [0.05, 0.1) is 9.93 Å². The summed E-state index contributed by atoms with van der Waals surface area (Å²) in [5.41, 5.74) is 0.817. The van der Waals surface area contributed by atoms with Crippen LogP contribution in [0.1, 0.15) is 5.76 Å². The number of halogens is 1. The lowest BCUT2D eigenvalue weighted by Crippen LogP contribution is -2.17. The Bertz CT molecular complexity index is 736. The third-order valence-electron chi connectivity index (χ3n) is 2.68. The van der Waals surface area contributed by atoms with E-state index in [4.69, 9.17) is 28.2 Å². The maximum absolute atomic E-state index is 11.6. The molecule has 3 rings (SSSR count). The average molecular weight is 322 g/mol. The Morgan fingerprint density at radius 2 is 2.05 bits per heavy atom. The monoisotopic (exact) mass is 321 g/mol. The second-order valence-electron chi connectivity index (χ2n) is 4.03. The number of rotatable bonds is 2. The summed E-state index contributed by atoms with van der Waals surface area (Å²) in [4.78, 5) is 12.1. The van der Waals surface area contributed by atoms with Crippen LogP contribution in [0.4, 0.5) is 0 Å². The summed E-state index contributed by atoms with van der Waals surface area (Å²) in [5, 5.41) is 3.18. The minimum absolute atomic E-state index is 0.198. The van der Waals surface area contributed by atoms with Crippen molar-refractivity contribution in [1.82, 2.24) is 5.32 Å². The van der Waals surface area contributed by atoms with Gasteiger partial charge < -0.3 is 9.73 Å². The van der Waals surface area contributed by atoms with Gasteiger partial charge in [-0.1, -0.05) is 47.7 Å². The van der Waals surface area contributed by atoms with Crippen molar-refractivity contribution in [3.05, 3.63) is 52.1 Å². The zero-order chi connectivity index (χ0) is 14.1. The van der Waals surface area contributed by atoms with Gasteiger partial charge in [-0.2, -0.15) is 0 Å². The Kier molecular flexibility index (Phi) is 3.65. The van der Waals surface area contributed by atoms with Crippen LogP contribution < -0.4 is 5.32 Å². The first-order chi connectivity index (χ1) is 9.63. The number of carbonyl (C=O) groups is 1. The largest absolute Gasteiger partial charge is 0.457 e. The molecule has 100 valence electrons. The number of thiocarbonyl (C=S) groups is 1. The van der Waals surface area contributed by atoms with Crippen molar-refractivity contribution < 1.29 is 9.21 Å². The molecule has 6 heteroatoms. The van der Waals surface area contributed by atoms with Gasteiger partial charge in [-0.05, 0) is 24.3 Å². The summed E-state index contributed by atoms with van der Waals surface area (Å²) in [6.45, 7) is 0. The van der Waals surface area contributed by atoms with Crippen molar-refractivity contribution in [2.75, 3.05) is 0 Å². The van der Waals surface area contributed by atoms with Crippen LogP contribution in [-0.4, -0.2) is 10.2 Å². The van der Waals surface area contributed by atoms with E-state index in [1.807, 2.05) is 24.3 Å². The van der Waals surface area contributed by atoms with Crippen molar-refractivity contribution in [3.8, 4) is 11.3 Å². The van der Waals surface area contributed by atoms with Crippen LogP contribution in [0.15, 0.2) is 45.7 Å². The summed E-state index contributed by atoms with van der Waals surface area (Å²) < 4.78 is 6.16. The van der Waals surface area contributed by atoms with Crippen molar-refractivity contribution in [3.63, 3.8) is 0 Å². The zero-order valence-corrected chi connectivity index (χ0v) is 12.4. The van der Waals surface area contributed by atoms with Gasteiger partial charge in [0.1, 0.15) is 15.8 Å². The Labute approximate surface area is 130 Å². The lowest BCUT2D eigenvalue weighted by Gasteiger charge is -1.99. The number of thioether (sulfide) groups is 1. The van der Waals surface area contributed by atoms with Crippen LogP contribution in [0, 0.1) is 0 Å². The van der Waals surface area contributed by atoms with Crippen molar-refractivity contribution in [1.29, 1.82) is 0 Å². The van der Waals surface area contributed by atoms with Gasteiger partial charge >= 0.3 is 0 Å². The van der Waals surface area contributed by atoms with Crippen molar-refractivity contribution >= 4 is 51.9 Å². The highest BCUT2D eigenvalue weighted by Crippen LogP contribution is 2.31. The molecule has 3 nitrogen and oxygen atoms in total. The van der Waals surface area contributed by atoms with E-state index in [9.17, 15) is 4.79 Å². The van der Waals surface area contributed by atoms with Crippen LogP contribution in [-0.2, 0) is 4.79 Å². The third kappa shape index (κ3) is 2.65. The lowest BCUT2D eigenvalue weighted by molar-refractivity contribution is -0.115. The molecule has 0 spiro atoms. The summed E-state index contributed by atoms with van der Waals surface area (Å²) in [7, 11) is 0. The Morgan fingerprint density at radius 1 is 1.25 bits per heavy atom. The zero-order valence-electron chi connectivity index (χ0n) is 10.1. The first kappa shape index (κ1) is 13.4. The van der Waals surface area contributed by atoms with E-state index in [-0.39, 0.29) is 5.91 Å². The number of hydrogen-bond donors (Lipinski definition) is 1. The summed E-state index contributed by atoms with van der Waals surface area (Å²) in [6, 6.07) is 11.0. The molecule has 0 atom stereocenters. The molecule has 0 bridgehead atoms. The Hall–Kier alpha value is -1.56. The molecule has 1 aromatic heterocycles. The van der Waals surface area contributed by atoms with Gasteiger partial charge in [0.15, 0.2) is 0 Å². The van der Waals surface area contributed by atoms with Crippen LogP contribution in [0.3, 0.4) is 0 Å². The minimum Gasteiger partial charge on any atom is -0.457 e. The third-order valence-corrected chi connectivity index (χ3v) is 4.17. The highest BCUT2D eigenvalue weighted by molar-refractivity contribution is 8.26. The lowest BCUT2D eigenvalue weighted by atomic mass is 10.2. The topological polar surface area (TPSA) is 42.2 Å². The number of carbonyl (C=O) groups excluding carboxylic acids is 1. The second kappa shape index (κ2) is 5.44. The maximum atomic E-state index is 11.6. The molecule has 1 aliphatic rings. The Balaban J connectivity index is 1.92. The number of furan rings is 1. The minimum atomic E-state index is -0.198. The van der Waals surface area contributed by atoms with Crippen LogP contribution in [0.25, 0.3) is 17.4 Å². The molecule has 2 aromatic rings. The molecular formula is C14H8ClNO2S2. The van der Waals surface area contributed by atoms with Crippen molar-refractivity contribution in [2.45, 2.75) is 0 Å². The number of amides is 1. The molecule has 1 N–H and O–H groups in total. The predicted octanol–water partition coefficient (Wildman–Crippen LogP) is 4.09. The standard InChI is InChI=1S/C14H8ClNO2S2/c15-10-4-2-1-3-9(10)11-6-5-8(18-11)7-12-13(17)16-14(19)20-12/h1-7H,(H,16,17,19)/b12-7+. The van der Waals surface area contributed by atoms with Gasteiger partial charge in [-0.15, -0.1) is 0 Å². The quantitative estimate of drug-likeness (QED) is 0.668. The summed E-state index contributed by atoms with van der Waals surface area (Å²) >= 11 is 12.3. The van der Waals surface area contributed by atoms with Crippen LogP contribution in [0.5, 0.6) is 0 Å². The fraction of sp³-hybridized carbons (Fsp3) is 0. The van der Waals surface area contributed by atoms with E-state index in [2.05, 4.69) is 5.32 Å². The summed E-state index contributed by atoms with van der Waals surface area (Å²) in [5.74, 6) is 1.05. The van der Waals surface area contributed by atoms with Gasteiger partial charge in [0.2, 0.25) is 0 Å². The molecule has 1 saturated heterocycles. The van der Waals surface area contributed by atoms with E-state index in [1.54, 1.807) is 18.2 Å². The molecule has 0 radical (unpaired) electrons. The molecule has 2 heterocycles. The fourth-order valence-corrected chi connectivity index (χ4v) is 3.04. The Morgan fingerprint density at radius 3 is 2.75 bits per heavy atom. The molecule has 1 aromatic carbocycles.